The number of aliphatic hydroxyl groups is 3. The van der Waals surface area contributed by atoms with Crippen LogP contribution in [0, 0.1) is 0 Å². The summed E-state index contributed by atoms with van der Waals surface area (Å²) in [5.41, 5.74) is 3.65. The predicted molar refractivity (Wildman–Crippen MR) is 82.0 cm³/mol. The van der Waals surface area contributed by atoms with Crippen LogP contribution < -0.4 is 5.73 Å². The van der Waals surface area contributed by atoms with Crippen molar-refractivity contribution in [1.82, 2.24) is 19.5 Å². The van der Waals surface area contributed by atoms with Gasteiger partial charge in [-0.3, -0.25) is 14.2 Å². The van der Waals surface area contributed by atoms with E-state index in [1.54, 1.807) is 0 Å². The van der Waals surface area contributed by atoms with Gasteiger partial charge in [-0.1, -0.05) is 0 Å². The van der Waals surface area contributed by atoms with E-state index in [4.69, 9.17) is 10.5 Å². The highest BCUT2D eigenvalue weighted by molar-refractivity contribution is 5.89. The molecule has 5 N–H and O–H groups in total. The lowest BCUT2D eigenvalue weighted by atomic mass is 9.84. The summed E-state index contributed by atoms with van der Waals surface area (Å²) >= 11 is 0. The fourth-order valence-corrected chi connectivity index (χ4v) is 2.92. The van der Waals surface area contributed by atoms with Crippen molar-refractivity contribution in [2.75, 3.05) is 5.73 Å². The van der Waals surface area contributed by atoms with Crippen molar-refractivity contribution in [2.45, 2.75) is 44.0 Å². The zero-order valence-electron chi connectivity index (χ0n) is 13.4. The van der Waals surface area contributed by atoms with E-state index in [-0.39, 0.29) is 17.0 Å². The van der Waals surface area contributed by atoms with Crippen LogP contribution in [0.5, 0.6) is 0 Å². The van der Waals surface area contributed by atoms with Crippen molar-refractivity contribution >= 4 is 28.5 Å². The second-order valence-electron chi connectivity index (χ2n) is 5.91. The molecule has 0 aliphatic carbocycles. The Bertz CT molecular complexity index is 853. The topological polar surface area (TPSA) is 174 Å². The van der Waals surface area contributed by atoms with Crippen molar-refractivity contribution in [3.8, 4) is 0 Å². The van der Waals surface area contributed by atoms with Gasteiger partial charge < -0.3 is 25.8 Å². The number of nitrogens with two attached hydrogens (primary N) is 1. The summed E-state index contributed by atoms with van der Waals surface area (Å²) in [5, 5.41) is 31.3. The van der Waals surface area contributed by atoms with Gasteiger partial charge in [0.15, 0.2) is 34.9 Å². The Kier molecular flexibility index (Phi) is 4.03. The number of hydrogen-bond donors (Lipinski definition) is 4. The molecule has 0 aromatic carbocycles. The number of aromatic nitrogens is 4. The Morgan fingerprint density at radius 3 is 2.64 bits per heavy atom. The Morgan fingerprint density at radius 1 is 1.36 bits per heavy atom. The smallest absolute Gasteiger partial charge is 0.182 e. The van der Waals surface area contributed by atoms with Crippen molar-refractivity contribution in [1.29, 1.82) is 0 Å². The first kappa shape index (κ1) is 17.4. The fraction of sp³-hybridized carbons (Fsp3) is 0.500. The number of nitrogens with zero attached hydrogens (tertiary/aromatic N) is 4. The maximum Gasteiger partial charge on any atom is 0.182 e. The molecule has 134 valence electrons. The number of anilines is 1. The van der Waals surface area contributed by atoms with Crippen LogP contribution in [0.15, 0.2) is 12.7 Å². The van der Waals surface area contributed by atoms with Crippen LogP contribution in [0.1, 0.15) is 20.1 Å². The van der Waals surface area contributed by atoms with Crippen LogP contribution in [-0.4, -0.2) is 70.3 Å². The SMILES string of the molecule is CC(=O)[C@H](O)[C@@H]1O[C@H](n2cnc3c(N)ncnc32)[C@@H](O)[C@]1(O)C(C)=O. The molecule has 0 radical (unpaired) electrons. The number of imidazole rings is 1. The van der Waals surface area contributed by atoms with Gasteiger partial charge >= 0.3 is 0 Å². The van der Waals surface area contributed by atoms with Crippen molar-refractivity contribution in [3.05, 3.63) is 12.7 Å². The molecule has 11 nitrogen and oxygen atoms in total. The minimum atomic E-state index is -2.48. The van der Waals surface area contributed by atoms with Crippen molar-refractivity contribution < 1.29 is 29.6 Å². The van der Waals surface area contributed by atoms with Crippen molar-refractivity contribution in [3.63, 3.8) is 0 Å². The van der Waals surface area contributed by atoms with Gasteiger partial charge in [-0.2, -0.15) is 0 Å². The van der Waals surface area contributed by atoms with Crippen LogP contribution in [0.25, 0.3) is 11.2 Å². The predicted octanol–water partition coefficient (Wildman–Crippen LogP) is -2.06. The van der Waals surface area contributed by atoms with Gasteiger partial charge in [-0.25, -0.2) is 15.0 Å². The van der Waals surface area contributed by atoms with E-state index in [1.807, 2.05) is 0 Å². The third kappa shape index (κ3) is 2.40. The zero-order chi connectivity index (χ0) is 18.5. The maximum atomic E-state index is 12.0. The van der Waals surface area contributed by atoms with Gasteiger partial charge in [0, 0.05) is 0 Å². The fourth-order valence-electron chi connectivity index (χ4n) is 2.92. The summed E-state index contributed by atoms with van der Waals surface area (Å²) in [6.45, 7) is 2.11. The van der Waals surface area contributed by atoms with Gasteiger partial charge in [0.2, 0.25) is 0 Å². The molecule has 2 aromatic heterocycles. The summed E-state index contributed by atoms with van der Waals surface area (Å²) in [4.78, 5) is 35.3. The molecular weight excluding hydrogens is 334 g/mol. The third-order valence-electron chi connectivity index (χ3n) is 4.37. The van der Waals surface area contributed by atoms with Crippen LogP contribution in [0.2, 0.25) is 0 Å². The number of hydrogen-bond acceptors (Lipinski definition) is 10. The molecule has 0 spiro atoms. The average molecular weight is 351 g/mol. The molecule has 1 saturated heterocycles. The first-order valence-corrected chi connectivity index (χ1v) is 7.38. The number of rotatable bonds is 4. The summed E-state index contributed by atoms with van der Waals surface area (Å²) < 4.78 is 6.74. The summed E-state index contributed by atoms with van der Waals surface area (Å²) in [5.74, 6) is -1.48. The molecule has 0 amide bonds. The lowest BCUT2D eigenvalue weighted by Crippen LogP contribution is -2.58. The Hall–Kier alpha value is -2.47. The molecule has 3 rings (SSSR count). The quantitative estimate of drug-likeness (QED) is 0.479. The third-order valence-corrected chi connectivity index (χ3v) is 4.37. The molecule has 1 aliphatic heterocycles. The van der Waals surface area contributed by atoms with Crippen molar-refractivity contribution in [2.24, 2.45) is 0 Å². The summed E-state index contributed by atoms with van der Waals surface area (Å²) in [7, 11) is 0. The van der Waals surface area contributed by atoms with Crippen LogP contribution in [-0.2, 0) is 14.3 Å². The van der Waals surface area contributed by atoms with Gasteiger partial charge in [-0.15, -0.1) is 0 Å². The van der Waals surface area contributed by atoms with E-state index in [2.05, 4.69) is 15.0 Å². The first-order valence-electron chi connectivity index (χ1n) is 7.38. The van der Waals surface area contributed by atoms with Crippen LogP contribution >= 0.6 is 0 Å². The number of carbonyl (C=O) groups is 2. The minimum Gasteiger partial charge on any atom is -0.385 e. The number of aliphatic hydroxyl groups excluding tert-OH is 2. The maximum absolute atomic E-state index is 12.0. The number of ether oxygens (including phenoxy) is 1. The highest BCUT2D eigenvalue weighted by atomic mass is 16.6. The number of carbonyl (C=O) groups excluding carboxylic acids is 2. The van der Waals surface area contributed by atoms with E-state index in [1.165, 1.54) is 17.2 Å². The Morgan fingerprint density at radius 2 is 2.04 bits per heavy atom. The van der Waals surface area contributed by atoms with Gasteiger partial charge in [0.05, 0.1) is 6.33 Å². The zero-order valence-corrected chi connectivity index (χ0v) is 13.4. The van der Waals surface area contributed by atoms with E-state index in [0.717, 1.165) is 13.8 Å². The monoisotopic (exact) mass is 351 g/mol. The molecule has 0 unspecified atom stereocenters. The van der Waals surface area contributed by atoms with Gasteiger partial charge in [0.1, 0.15) is 30.2 Å². The lowest BCUT2D eigenvalue weighted by Gasteiger charge is -2.29. The molecule has 0 saturated carbocycles. The average Bonchev–Trinajstić information content (AvgIpc) is 3.09. The van der Waals surface area contributed by atoms with Crippen LogP contribution in [0.3, 0.4) is 0 Å². The van der Waals surface area contributed by atoms with E-state index >= 15 is 0 Å². The largest absolute Gasteiger partial charge is 0.385 e. The van der Waals surface area contributed by atoms with E-state index < -0.39 is 41.7 Å². The standard InChI is InChI=1S/C14H17N5O6/c1-5(20)8(22)10-14(24,6(2)21)9(23)13(25-10)19-4-18-7-11(15)16-3-17-12(7)19/h3-4,8-10,13,22-24H,1-2H3,(H2,15,16,17)/t8-,9+,10-,13-,14+/m0/s1. The number of Topliss-reactive ketones (excluding diaryl/α,β-unsaturated/α-hetero) is 2. The summed E-state index contributed by atoms with van der Waals surface area (Å²) in [6.07, 6.45) is -4.14. The van der Waals surface area contributed by atoms with E-state index in [9.17, 15) is 24.9 Å². The second-order valence-corrected chi connectivity index (χ2v) is 5.91. The normalized spacial score (nSPS) is 30.5. The molecule has 2 aromatic rings. The summed E-state index contributed by atoms with van der Waals surface area (Å²) in [6, 6.07) is 0. The second kappa shape index (κ2) is 5.81. The molecule has 25 heavy (non-hydrogen) atoms. The molecule has 1 fully saturated rings. The molecule has 11 heteroatoms. The first-order chi connectivity index (χ1) is 11.7. The number of nitrogen functional groups attached to an aromatic ring is 1. The van der Waals surface area contributed by atoms with Crippen LogP contribution in [0.4, 0.5) is 5.82 Å². The molecule has 5 atom stereocenters. The number of fused-ring (bicyclic) bond motifs is 1. The molecular formula is C14H17N5O6. The highest BCUT2D eigenvalue weighted by Gasteiger charge is 2.62. The highest BCUT2D eigenvalue weighted by Crippen LogP contribution is 2.40. The Labute approximate surface area is 141 Å². The van der Waals surface area contributed by atoms with Gasteiger partial charge in [0.25, 0.3) is 0 Å². The molecule has 0 bridgehead atoms. The Balaban J connectivity index is 2.10. The molecule has 1 aliphatic rings. The van der Waals surface area contributed by atoms with E-state index in [0.29, 0.717) is 0 Å². The molecule has 3 heterocycles. The number of ketones is 2. The lowest BCUT2D eigenvalue weighted by molar-refractivity contribution is -0.162. The van der Waals surface area contributed by atoms with Gasteiger partial charge in [-0.05, 0) is 13.8 Å². The minimum absolute atomic E-state index is 0.0957.